The summed E-state index contributed by atoms with van der Waals surface area (Å²) in [5, 5.41) is 2.70. The maximum atomic E-state index is 11.8. The number of carbonyl (C=O) groups excluding carboxylic acids is 2. The molecule has 2 rings (SSSR count). The van der Waals surface area contributed by atoms with Crippen molar-refractivity contribution < 1.29 is 14.3 Å². The Kier molecular flexibility index (Phi) is 6.37. The second-order valence-electron chi connectivity index (χ2n) is 5.64. The first-order valence-electron chi connectivity index (χ1n) is 7.81. The lowest BCUT2D eigenvalue weighted by Gasteiger charge is -2.13. The molecule has 24 heavy (non-hydrogen) atoms. The van der Waals surface area contributed by atoms with Crippen LogP contribution in [0.25, 0.3) is 0 Å². The van der Waals surface area contributed by atoms with Gasteiger partial charge in [-0.15, -0.1) is 0 Å². The van der Waals surface area contributed by atoms with Crippen molar-refractivity contribution in [3.8, 4) is 0 Å². The van der Waals surface area contributed by atoms with E-state index in [9.17, 15) is 9.59 Å². The van der Waals surface area contributed by atoms with E-state index < -0.39 is 0 Å². The van der Waals surface area contributed by atoms with Gasteiger partial charge in [-0.1, -0.05) is 30.3 Å². The van der Waals surface area contributed by atoms with E-state index in [0.29, 0.717) is 12.1 Å². The number of amides is 1. The first-order chi connectivity index (χ1) is 11.5. The molecule has 0 atom stereocenters. The molecule has 0 aliphatic rings. The summed E-state index contributed by atoms with van der Waals surface area (Å²) in [5.41, 5.74) is 2.78. The minimum Gasteiger partial charge on any atom is -0.456 e. The summed E-state index contributed by atoms with van der Waals surface area (Å²) in [4.78, 5) is 25.5. The summed E-state index contributed by atoms with van der Waals surface area (Å²) in [6.07, 6.45) is 0.863. The number of aryl methyl sites for hydroxylation is 1. The van der Waals surface area contributed by atoms with Gasteiger partial charge in [0.1, 0.15) is 0 Å². The van der Waals surface area contributed by atoms with Gasteiger partial charge in [0.15, 0.2) is 6.61 Å². The summed E-state index contributed by atoms with van der Waals surface area (Å²) >= 11 is 0. The molecule has 0 heterocycles. The quantitative estimate of drug-likeness (QED) is 0.795. The highest BCUT2D eigenvalue weighted by molar-refractivity contribution is 5.92. The summed E-state index contributed by atoms with van der Waals surface area (Å²) in [5.74, 6) is -0.724. The number of ether oxygens (including phenoxy) is 1. The van der Waals surface area contributed by atoms with E-state index >= 15 is 0 Å². The normalized spacial score (nSPS) is 10.1. The van der Waals surface area contributed by atoms with Crippen LogP contribution in [0.15, 0.2) is 54.6 Å². The Morgan fingerprint density at radius 3 is 2.29 bits per heavy atom. The standard InChI is InChI=1S/C19H22N2O3/c1-21(2)17-11-9-16(10-12-17)20-18(22)14-24-19(23)13-8-15-6-4-3-5-7-15/h3-7,9-12H,8,13-14H2,1-2H3,(H,20,22). The molecule has 0 radical (unpaired) electrons. The van der Waals surface area contributed by atoms with Gasteiger partial charge >= 0.3 is 5.97 Å². The summed E-state index contributed by atoms with van der Waals surface area (Å²) in [6, 6.07) is 17.1. The van der Waals surface area contributed by atoms with Crippen LogP contribution >= 0.6 is 0 Å². The molecule has 0 aliphatic heterocycles. The van der Waals surface area contributed by atoms with Crippen LogP contribution in [0.1, 0.15) is 12.0 Å². The molecule has 0 spiro atoms. The van der Waals surface area contributed by atoms with Gasteiger partial charge in [0.25, 0.3) is 5.91 Å². The lowest BCUT2D eigenvalue weighted by molar-refractivity contribution is -0.147. The third-order valence-corrected chi connectivity index (χ3v) is 3.49. The van der Waals surface area contributed by atoms with Crippen molar-refractivity contribution >= 4 is 23.3 Å². The third kappa shape index (κ3) is 5.76. The zero-order chi connectivity index (χ0) is 17.4. The Bertz CT molecular complexity index is 667. The Morgan fingerprint density at radius 2 is 1.67 bits per heavy atom. The van der Waals surface area contributed by atoms with Crippen molar-refractivity contribution in [3.05, 3.63) is 60.2 Å². The largest absolute Gasteiger partial charge is 0.456 e. The predicted molar refractivity (Wildman–Crippen MR) is 95.1 cm³/mol. The van der Waals surface area contributed by atoms with Crippen LogP contribution in [0.4, 0.5) is 11.4 Å². The topological polar surface area (TPSA) is 58.6 Å². The number of rotatable bonds is 7. The molecule has 0 unspecified atom stereocenters. The van der Waals surface area contributed by atoms with Crippen LogP contribution in [0.5, 0.6) is 0 Å². The lowest BCUT2D eigenvalue weighted by Crippen LogP contribution is -2.21. The fourth-order valence-electron chi connectivity index (χ4n) is 2.15. The van der Waals surface area contributed by atoms with E-state index in [1.54, 1.807) is 0 Å². The van der Waals surface area contributed by atoms with Crippen LogP contribution in [0, 0.1) is 0 Å². The smallest absolute Gasteiger partial charge is 0.306 e. The summed E-state index contributed by atoms with van der Waals surface area (Å²) in [6.45, 7) is -0.275. The molecule has 5 nitrogen and oxygen atoms in total. The van der Waals surface area contributed by atoms with E-state index in [4.69, 9.17) is 4.74 Å². The van der Waals surface area contributed by atoms with Gasteiger partial charge in [-0.3, -0.25) is 9.59 Å². The minimum atomic E-state index is -0.378. The molecule has 126 valence electrons. The number of nitrogens with one attached hydrogen (secondary N) is 1. The third-order valence-electron chi connectivity index (χ3n) is 3.49. The molecule has 2 aromatic rings. The van der Waals surface area contributed by atoms with Crippen LogP contribution in [-0.2, 0) is 20.7 Å². The van der Waals surface area contributed by atoms with Gasteiger partial charge in [-0.05, 0) is 36.2 Å². The van der Waals surface area contributed by atoms with E-state index in [-0.39, 0.29) is 24.9 Å². The average molecular weight is 326 g/mol. The first kappa shape index (κ1) is 17.5. The molecule has 2 aromatic carbocycles. The molecule has 1 N–H and O–H groups in total. The summed E-state index contributed by atoms with van der Waals surface area (Å²) in [7, 11) is 3.89. The number of carbonyl (C=O) groups is 2. The highest BCUT2D eigenvalue weighted by Crippen LogP contribution is 2.15. The number of esters is 1. The van der Waals surface area contributed by atoms with Gasteiger partial charge in [0.2, 0.25) is 0 Å². The van der Waals surface area contributed by atoms with E-state index in [1.807, 2.05) is 73.6 Å². The molecule has 0 bridgehead atoms. The molecular weight excluding hydrogens is 304 g/mol. The second kappa shape index (κ2) is 8.72. The molecule has 5 heteroatoms. The zero-order valence-corrected chi connectivity index (χ0v) is 14.0. The van der Waals surface area contributed by atoms with Crippen LogP contribution in [-0.4, -0.2) is 32.6 Å². The van der Waals surface area contributed by atoms with Gasteiger partial charge in [-0.2, -0.15) is 0 Å². The van der Waals surface area contributed by atoms with Crippen molar-refractivity contribution in [2.75, 3.05) is 30.9 Å². The van der Waals surface area contributed by atoms with Crippen molar-refractivity contribution in [1.82, 2.24) is 0 Å². The lowest BCUT2D eigenvalue weighted by atomic mass is 10.1. The van der Waals surface area contributed by atoms with Crippen molar-refractivity contribution in [2.45, 2.75) is 12.8 Å². The monoisotopic (exact) mass is 326 g/mol. The first-order valence-corrected chi connectivity index (χ1v) is 7.81. The molecule has 0 fully saturated rings. The number of anilines is 2. The molecule has 0 aromatic heterocycles. The summed E-state index contributed by atoms with van der Waals surface area (Å²) < 4.78 is 5.00. The van der Waals surface area contributed by atoms with E-state index in [1.165, 1.54) is 0 Å². The molecule has 0 saturated heterocycles. The minimum absolute atomic E-state index is 0.259. The maximum Gasteiger partial charge on any atom is 0.306 e. The molecule has 1 amide bonds. The van der Waals surface area contributed by atoms with Gasteiger partial charge in [-0.25, -0.2) is 0 Å². The molecular formula is C19H22N2O3. The SMILES string of the molecule is CN(C)c1ccc(NC(=O)COC(=O)CCc2ccccc2)cc1. The zero-order valence-electron chi connectivity index (χ0n) is 14.0. The van der Waals surface area contributed by atoms with Gasteiger partial charge in [0.05, 0.1) is 0 Å². The fraction of sp³-hybridized carbons (Fsp3) is 0.263. The van der Waals surface area contributed by atoms with Crippen molar-refractivity contribution in [2.24, 2.45) is 0 Å². The predicted octanol–water partition coefficient (Wildman–Crippen LogP) is 2.87. The van der Waals surface area contributed by atoms with Crippen molar-refractivity contribution in [3.63, 3.8) is 0 Å². The Morgan fingerprint density at radius 1 is 1.00 bits per heavy atom. The van der Waals surface area contributed by atoms with Crippen LogP contribution in [0.2, 0.25) is 0 Å². The van der Waals surface area contributed by atoms with E-state index in [0.717, 1.165) is 11.3 Å². The van der Waals surface area contributed by atoms with Gasteiger partial charge < -0.3 is 15.0 Å². The van der Waals surface area contributed by atoms with Crippen LogP contribution < -0.4 is 10.2 Å². The van der Waals surface area contributed by atoms with Crippen LogP contribution in [0.3, 0.4) is 0 Å². The Hall–Kier alpha value is -2.82. The van der Waals surface area contributed by atoms with Crippen molar-refractivity contribution in [1.29, 1.82) is 0 Å². The Balaban J connectivity index is 1.71. The highest BCUT2D eigenvalue weighted by atomic mass is 16.5. The second-order valence-corrected chi connectivity index (χ2v) is 5.64. The van der Waals surface area contributed by atoms with E-state index in [2.05, 4.69) is 5.32 Å². The Labute approximate surface area is 142 Å². The molecule has 0 aliphatic carbocycles. The number of hydrogen-bond acceptors (Lipinski definition) is 4. The molecule has 0 saturated carbocycles. The maximum absolute atomic E-state index is 11.8. The van der Waals surface area contributed by atoms with Gasteiger partial charge in [0, 0.05) is 31.9 Å². The highest BCUT2D eigenvalue weighted by Gasteiger charge is 2.08. The average Bonchev–Trinajstić information content (AvgIpc) is 2.59. The number of benzene rings is 2. The fourth-order valence-corrected chi connectivity index (χ4v) is 2.15. The number of hydrogen-bond donors (Lipinski definition) is 1. The number of nitrogens with zero attached hydrogens (tertiary/aromatic N) is 1.